The van der Waals surface area contributed by atoms with Gasteiger partial charge in [0, 0.05) is 24.6 Å². The fraction of sp³-hybridized carbons (Fsp3) is 0.438. The van der Waals surface area contributed by atoms with Crippen LogP contribution in [0, 0.1) is 6.92 Å². The summed E-state index contributed by atoms with van der Waals surface area (Å²) in [5.41, 5.74) is 5.99. The third-order valence-corrected chi connectivity index (χ3v) is 4.30. The summed E-state index contributed by atoms with van der Waals surface area (Å²) >= 11 is 1.56. The Kier molecular flexibility index (Phi) is 6.51. The highest BCUT2D eigenvalue weighted by molar-refractivity contribution is 7.15. The number of hydrogen-bond acceptors (Lipinski definition) is 6. The van der Waals surface area contributed by atoms with Gasteiger partial charge in [0.1, 0.15) is 17.9 Å². The maximum Gasteiger partial charge on any atom is 0.290 e. The quantitative estimate of drug-likeness (QED) is 0.701. The Morgan fingerprint density at radius 1 is 1.46 bits per heavy atom. The Hall–Kier alpha value is -2.19. The zero-order chi connectivity index (χ0) is 17.5. The number of nitrogens with one attached hydrogen (secondary N) is 1. The van der Waals surface area contributed by atoms with E-state index < -0.39 is 5.56 Å². The van der Waals surface area contributed by atoms with Gasteiger partial charge in [-0.3, -0.25) is 9.59 Å². The fourth-order valence-corrected chi connectivity index (χ4v) is 2.92. The largest absolute Gasteiger partial charge is 0.394 e. The molecule has 0 unspecified atom stereocenters. The van der Waals surface area contributed by atoms with Crippen LogP contribution in [-0.4, -0.2) is 35.4 Å². The van der Waals surface area contributed by atoms with Gasteiger partial charge in [0.25, 0.3) is 5.56 Å². The van der Waals surface area contributed by atoms with Gasteiger partial charge < -0.3 is 15.8 Å². The summed E-state index contributed by atoms with van der Waals surface area (Å²) in [6.07, 6.45) is 0.721. The molecule has 0 fully saturated rings. The standard InChI is InChI=1S/C16H22N4O3S/c1-3-23-8-4-7-18-15(21)10-20-16(22)12(17)9-13(19-20)14-6-5-11(2)24-14/h5-6,9H,3-4,7-8,10,17H2,1-2H3,(H,18,21). The van der Waals surface area contributed by atoms with Gasteiger partial charge in [-0.1, -0.05) is 0 Å². The molecule has 2 aromatic heterocycles. The Labute approximate surface area is 144 Å². The van der Waals surface area contributed by atoms with Gasteiger partial charge in [0.15, 0.2) is 0 Å². The fourth-order valence-electron chi connectivity index (χ4n) is 2.10. The number of amides is 1. The minimum atomic E-state index is -0.462. The summed E-state index contributed by atoms with van der Waals surface area (Å²) in [6.45, 7) is 5.49. The number of carbonyl (C=O) groups is 1. The molecular weight excluding hydrogens is 328 g/mol. The first-order valence-electron chi connectivity index (χ1n) is 7.80. The lowest BCUT2D eigenvalue weighted by atomic mass is 10.3. The monoisotopic (exact) mass is 350 g/mol. The second-order valence-electron chi connectivity index (χ2n) is 5.26. The van der Waals surface area contributed by atoms with Crippen molar-refractivity contribution in [3.8, 4) is 10.6 Å². The van der Waals surface area contributed by atoms with Crippen molar-refractivity contribution in [2.24, 2.45) is 0 Å². The molecule has 0 bridgehead atoms. The van der Waals surface area contributed by atoms with Crippen molar-refractivity contribution in [2.75, 3.05) is 25.5 Å². The maximum atomic E-state index is 12.1. The number of rotatable bonds is 8. The number of nitrogens with two attached hydrogens (primary N) is 1. The molecule has 24 heavy (non-hydrogen) atoms. The summed E-state index contributed by atoms with van der Waals surface area (Å²) in [6, 6.07) is 5.44. The summed E-state index contributed by atoms with van der Waals surface area (Å²) in [5, 5.41) is 7.01. The Morgan fingerprint density at radius 2 is 2.25 bits per heavy atom. The number of carbonyl (C=O) groups excluding carboxylic acids is 1. The predicted molar refractivity (Wildman–Crippen MR) is 95.1 cm³/mol. The van der Waals surface area contributed by atoms with Crippen LogP contribution >= 0.6 is 11.3 Å². The van der Waals surface area contributed by atoms with Crippen LogP contribution in [0.3, 0.4) is 0 Å². The van der Waals surface area contributed by atoms with E-state index in [9.17, 15) is 9.59 Å². The number of anilines is 1. The van der Waals surface area contributed by atoms with E-state index in [0.29, 0.717) is 25.5 Å². The SMILES string of the molecule is CCOCCCNC(=O)Cn1nc(-c2ccc(C)s2)cc(N)c1=O. The average Bonchev–Trinajstić information content (AvgIpc) is 2.98. The molecule has 0 saturated heterocycles. The summed E-state index contributed by atoms with van der Waals surface area (Å²) in [7, 11) is 0. The van der Waals surface area contributed by atoms with Gasteiger partial charge in [-0.05, 0) is 38.5 Å². The molecule has 0 atom stereocenters. The Balaban J connectivity index is 2.05. The molecule has 0 radical (unpaired) electrons. The summed E-state index contributed by atoms with van der Waals surface area (Å²) in [5.74, 6) is -0.278. The second-order valence-corrected chi connectivity index (χ2v) is 6.55. The van der Waals surface area contributed by atoms with Crippen molar-refractivity contribution in [3.63, 3.8) is 0 Å². The molecule has 3 N–H and O–H groups in total. The number of aryl methyl sites for hydroxylation is 1. The number of nitrogen functional groups attached to an aromatic ring is 1. The van der Waals surface area contributed by atoms with Gasteiger partial charge in [-0.2, -0.15) is 5.10 Å². The Bertz CT molecular complexity index is 754. The van der Waals surface area contributed by atoms with Gasteiger partial charge in [0.05, 0.1) is 4.88 Å². The number of hydrogen-bond donors (Lipinski definition) is 2. The Morgan fingerprint density at radius 3 is 2.92 bits per heavy atom. The minimum Gasteiger partial charge on any atom is -0.394 e. The van der Waals surface area contributed by atoms with Gasteiger partial charge in [-0.25, -0.2) is 4.68 Å². The van der Waals surface area contributed by atoms with E-state index >= 15 is 0 Å². The molecule has 0 aromatic carbocycles. The molecular formula is C16H22N4O3S. The van der Waals surface area contributed by atoms with Gasteiger partial charge in [-0.15, -0.1) is 11.3 Å². The molecule has 0 aliphatic rings. The summed E-state index contributed by atoms with van der Waals surface area (Å²) < 4.78 is 6.31. The van der Waals surface area contributed by atoms with E-state index in [4.69, 9.17) is 10.5 Å². The predicted octanol–water partition coefficient (Wildman–Crippen LogP) is 1.41. The van der Waals surface area contributed by atoms with Crippen molar-refractivity contribution in [3.05, 3.63) is 33.4 Å². The highest BCUT2D eigenvalue weighted by Gasteiger charge is 2.12. The third kappa shape index (κ3) is 4.90. The lowest BCUT2D eigenvalue weighted by Crippen LogP contribution is -2.35. The lowest BCUT2D eigenvalue weighted by molar-refractivity contribution is -0.121. The van der Waals surface area contributed by atoms with E-state index in [0.717, 1.165) is 20.9 Å². The van der Waals surface area contributed by atoms with Gasteiger partial charge >= 0.3 is 0 Å². The lowest BCUT2D eigenvalue weighted by Gasteiger charge is -2.09. The van der Waals surface area contributed by atoms with Crippen molar-refractivity contribution < 1.29 is 9.53 Å². The van der Waals surface area contributed by atoms with Crippen molar-refractivity contribution in [1.29, 1.82) is 0 Å². The highest BCUT2D eigenvalue weighted by atomic mass is 32.1. The molecule has 0 spiro atoms. The van der Waals surface area contributed by atoms with Crippen LogP contribution in [0.1, 0.15) is 18.2 Å². The van der Waals surface area contributed by atoms with Crippen LogP contribution < -0.4 is 16.6 Å². The topological polar surface area (TPSA) is 99.2 Å². The molecule has 2 rings (SSSR count). The van der Waals surface area contributed by atoms with Crippen LogP contribution in [0.2, 0.25) is 0 Å². The van der Waals surface area contributed by atoms with E-state index in [2.05, 4.69) is 10.4 Å². The maximum absolute atomic E-state index is 12.1. The molecule has 0 aliphatic heterocycles. The van der Waals surface area contributed by atoms with Crippen LogP contribution in [0.4, 0.5) is 5.69 Å². The summed E-state index contributed by atoms with van der Waals surface area (Å²) in [4.78, 5) is 26.1. The zero-order valence-corrected chi connectivity index (χ0v) is 14.7. The zero-order valence-electron chi connectivity index (χ0n) is 13.9. The first kappa shape index (κ1) is 18.2. The van der Waals surface area contributed by atoms with Crippen molar-refractivity contribution >= 4 is 22.9 Å². The highest BCUT2D eigenvalue weighted by Crippen LogP contribution is 2.26. The number of aromatic nitrogens is 2. The molecule has 2 heterocycles. The smallest absolute Gasteiger partial charge is 0.290 e. The van der Waals surface area contributed by atoms with Crippen LogP contribution in [0.25, 0.3) is 10.6 Å². The normalized spacial score (nSPS) is 10.8. The first-order valence-corrected chi connectivity index (χ1v) is 8.61. The van der Waals surface area contributed by atoms with E-state index in [1.165, 1.54) is 0 Å². The molecule has 130 valence electrons. The number of ether oxygens (including phenoxy) is 1. The first-order chi connectivity index (χ1) is 11.5. The molecule has 0 saturated carbocycles. The van der Waals surface area contributed by atoms with E-state index in [1.807, 2.05) is 26.0 Å². The number of nitrogens with zero attached hydrogens (tertiary/aromatic N) is 2. The van der Waals surface area contributed by atoms with Crippen LogP contribution in [0.5, 0.6) is 0 Å². The number of thiophene rings is 1. The van der Waals surface area contributed by atoms with Gasteiger partial charge in [0.2, 0.25) is 5.91 Å². The average molecular weight is 350 g/mol. The molecule has 1 amide bonds. The molecule has 0 aliphatic carbocycles. The van der Waals surface area contributed by atoms with Crippen LogP contribution in [0.15, 0.2) is 23.0 Å². The van der Waals surface area contributed by atoms with Crippen molar-refractivity contribution in [2.45, 2.75) is 26.8 Å². The minimum absolute atomic E-state index is 0.0789. The second kappa shape index (κ2) is 8.60. The molecule has 8 heteroatoms. The van der Waals surface area contributed by atoms with Crippen molar-refractivity contribution in [1.82, 2.24) is 15.1 Å². The van der Waals surface area contributed by atoms with Crippen LogP contribution in [-0.2, 0) is 16.1 Å². The van der Waals surface area contributed by atoms with E-state index in [1.54, 1.807) is 17.4 Å². The third-order valence-electron chi connectivity index (χ3n) is 3.28. The molecule has 7 nitrogen and oxygen atoms in total. The van der Waals surface area contributed by atoms with E-state index in [-0.39, 0.29) is 18.1 Å². The molecule has 2 aromatic rings.